The minimum Gasteiger partial charge on any atom is -0.508 e. The minimum atomic E-state index is -0.265. The molecule has 0 fully saturated rings. The van der Waals surface area contributed by atoms with E-state index >= 15 is 0 Å². The Morgan fingerprint density at radius 3 is 2.05 bits per heavy atom. The summed E-state index contributed by atoms with van der Waals surface area (Å²) in [5.74, 6) is 0.0913. The topological polar surface area (TPSA) is 66.8 Å². The molecule has 0 aromatic heterocycles. The van der Waals surface area contributed by atoms with Crippen LogP contribution in [-0.4, -0.2) is 16.2 Å². The summed E-state index contributed by atoms with van der Waals surface area (Å²) in [6.45, 7) is 3.56. The Bertz CT molecular complexity index is 664. The van der Waals surface area contributed by atoms with Gasteiger partial charge in [-0.25, -0.2) is 0 Å². The summed E-state index contributed by atoms with van der Waals surface area (Å²) in [7, 11) is 0. The third-order valence-corrected chi connectivity index (χ3v) is 2.96. The van der Waals surface area contributed by atoms with E-state index in [2.05, 4.69) is 0 Å². The molecule has 0 radical (unpaired) electrons. The van der Waals surface area contributed by atoms with Crippen LogP contribution in [0.5, 0.6) is 17.2 Å². The Morgan fingerprint density at radius 1 is 0.955 bits per heavy atom. The van der Waals surface area contributed by atoms with E-state index in [1.807, 2.05) is 18.2 Å². The van der Waals surface area contributed by atoms with Gasteiger partial charge in [-0.2, -0.15) is 0 Å². The molecular weight excluding hydrogens is 280 g/mol. The van der Waals surface area contributed by atoms with E-state index in [1.54, 1.807) is 44.2 Å². The van der Waals surface area contributed by atoms with Gasteiger partial charge in [0.25, 0.3) is 0 Å². The predicted octanol–water partition coefficient (Wildman–Crippen LogP) is 3.83. The van der Waals surface area contributed by atoms with Crippen LogP contribution in [0.3, 0.4) is 0 Å². The average Bonchev–Trinajstić information content (AvgIpc) is 2.45. The van der Waals surface area contributed by atoms with Crippen molar-refractivity contribution in [2.24, 2.45) is 5.92 Å². The first-order valence-electron chi connectivity index (χ1n) is 6.97. The van der Waals surface area contributed by atoms with Gasteiger partial charge in [0.1, 0.15) is 17.2 Å². The number of phenolic OH excluding ortho intramolecular Hbond substituents is 2. The fraction of sp³-hybridized carbons (Fsp3) is 0.167. The van der Waals surface area contributed by atoms with Gasteiger partial charge in [-0.3, -0.25) is 4.79 Å². The van der Waals surface area contributed by atoms with Gasteiger partial charge in [0.15, 0.2) is 0 Å². The zero-order chi connectivity index (χ0) is 16.1. The number of ether oxygens (including phenoxy) is 1. The molecule has 4 heteroatoms. The smallest absolute Gasteiger partial charge is 0.313 e. The number of hydrogen-bond donors (Lipinski definition) is 2. The van der Waals surface area contributed by atoms with Crippen molar-refractivity contribution in [3.8, 4) is 17.2 Å². The van der Waals surface area contributed by atoms with Gasteiger partial charge < -0.3 is 14.9 Å². The van der Waals surface area contributed by atoms with Gasteiger partial charge in [0, 0.05) is 6.07 Å². The lowest BCUT2D eigenvalue weighted by Crippen LogP contribution is -2.14. The van der Waals surface area contributed by atoms with E-state index in [9.17, 15) is 15.0 Å². The Balaban J connectivity index is 2.07. The van der Waals surface area contributed by atoms with Crippen LogP contribution in [0.1, 0.15) is 25.0 Å². The lowest BCUT2D eigenvalue weighted by atomic mass is 10.1. The molecule has 0 amide bonds. The summed E-state index contributed by atoms with van der Waals surface area (Å²) in [5.41, 5.74) is 1.60. The van der Waals surface area contributed by atoms with Crippen LogP contribution in [0.25, 0.3) is 12.2 Å². The van der Waals surface area contributed by atoms with Crippen LogP contribution in [0.2, 0.25) is 0 Å². The van der Waals surface area contributed by atoms with E-state index in [4.69, 9.17) is 4.74 Å². The number of benzene rings is 2. The maximum Gasteiger partial charge on any atom is 0.313 e. The highest BCUT2D eigenvalue weighted by Crippen LogP contribution is 2.22. The number of esters is 1. The first-order valence-corrected chi connectivity index (χ1v) is 6.97. The maximum atomic E-state index is 11.5. The van der Waals surface area contributed by atoms with Crippen molar-refractivity contribution in [2.75, 3.05) is 0 Å². The Kier molecular flexibility index (Phi) is 4.84. The zero-order valence-corrected chi connectivity index (χ0v) is 12.5. The summed E-state index contributed by atoms with van der Waals surface area (Å²) in [6, 6.07) is 11.5. The third-order valence-electron chi connectivity index (χ3n) is 2.96. The fourth-order valence-corrected chi connectivity index (χ4v) is 1.79. The molecule has 0 heterocycles. The number of rotatable bonds is 4. The number of aromatic hydroxyl groups is 2. The summed E-state index contributed by atoms with van der Waals surface area (Å²) in [6.07, 6.45) is 3.61. The minimum absolute atomic E-state index is 0.00981. The van der Waals surface area contributed by atoms with Gasteiger partial charge in [0.05, 0.1) is 5.92 Å². The largest absolute Gasteiger partial charge is 0.508 e. The first-order chi connectivity index (χ1) is 10.4. The summed E-state index contributed by atoms with van der Waals surface area (Å²) in [4.78, 5) is 11.5. The molecule has 2 rings (SSSR count). The maximum absolute atomic E-state index is 11.5. The van der Waals surface area contributed by atoms with Crippen molar-refractivity contribution in [3.05, 3.63) is 53.6 Å². The molecule has 0 saturated carbocycles. The molecule has 0 aliphatic rings. The Hall–Kier alpha value is -2.75. The number of hydrogen-bond acceptors (Lipinski definition) is 4. The number of phenols is 2. The molecule has 0 atom stereocenters. The molecule has 0 aliphatic carbocycles. The monoisotopic (exact) mass is 298 g/mol. The summed E-state index contributed by atoms with van der Waals surface area (Å²) < 4.78 is 5.20. The quantitative estimate of drug-likeness (QED) is 0.511. The van der Waals surface area contributed by atoms with Crippen LogP contribution in [0, 0.1) is 5.92 Å². The SMILES string of the molecule is CC(C)C(=O)Oc1ccc(/C=C/c2cc(O)cc(O)c2)cc1. The molecule has 0 spiro atoms. The highest BCUT2D eigenvalue weighted by atomic mass is 16.5. The second-order valence-corrected chi connectivity index (χ2v) is 5.26. The van der Waals surface area contributed by atoms with Crippen molar-refractivity contribution in [1.29, 1.82) is 0 Å². The number of carbonyl (C=O) groups excluding carboxylic acids is 1. The van der Waals surface area contributed by atoms with Crippen LogP contribution in [0.4, 0.5) is 0 Å². The first kappa shape index (κ1) is 15.6. The van der Waals surface area contributed by atoms with Crippen molar-refractivity contribution in [3.63, 3.8) is 0 Å². The third kappa shape index (κ3) is 4.38. The fourth-order valence-electron chi connectivity index (χ4n) is 1.79. The van der Waals surface area contributed by atoms with Crippen molar-refractivity contribution in [1.82, 2.24) is 0 Å². The molecule has 2 aromatic carbocycles. The van der Waals surface area contributed by atoms with Crippen molar-refractivity contribution < 1.29 is 19.7 Å². The number of carbonyl (C=O) groups is 1. The van der Waals surface area contributed by atoms with Crippen LogP contribution in [0.15, 0.2) is 42.5 Å². The zero-order valence-electron chi connectivity index (χ0n) is 12.5. The molecule has 114 valence electrons. The van der Waals surface area contributed by atoms with E-state index in [0.717, 1.165) is 5.56 Å². The summed E-state index contributed by atoms with van der Waals surface area (Å²) >= 11 is 0. The van der Waals surface area contributed by atoms with Crippen LogP contribution in [-0.2, 0) is 4.79 Å². The summed E-state index contributed by atoms with van der Waals surface area (Å²) in [5, 5.41) is 18.8. The van der Waals surface area contributed by atoms with E-state index < -0.39 is 0 Å². The predicted molar refractivity (Wildman–Crippen MR) is 85.6 cm³/mol. The molecule has 0 saturated heterocycles. The van der Waals surface area contributed by atoms with Gasteiger partial charge in [0.2, 0.25) is 0 Å². The highest BCUT2D eigenvalue weighted by molar-refractivity contribution is 5.75. The molecular formula is C18H18O4. The molecule has 4 nitrogen and oxygen atoms in total. The molecule has 2 aromatic rings. The van der Waals surface area contributed by atoms with Gasteiger partial charge >= 0.3 is 5.97 Å². The van der Waals surface area contributed by atoms with Crippen molar-refractivity contribution >= 4 is 18.1 Å². The molecule has 22 heavy (non-hydrogen) atoms. The average molecular weight is 298 g/mol. The lowest BCUT2D eigenvalue weighted by molar-refractivity contribution is -0.137. The molecule has 0 bridgehead atoms. The van der Waals surface area contributed by atoms with E-state index in [0.29, 0.717) is 11.3 Å². The van der Waals surface area contributed by atoms with Crippen molar-refractivity contribution in [2.45, 2.75) is 13.8 Å². The second kappa shape index (κ2) is 6.80. The normalized spacial score (nSPS) is 11.0. The van der Waals surface area contributed by atoms with Crippen LogP contribution < -0.4 is 4.74 Å². The Morgan fingerprint density at radius 2 is 1.50 bits per heavy atom. The standard InChI is InChI=1S/C18H18O4/c1-12(2)18(21)22-17-7-5-13(6-8-17)3-4-14-9-15(19)11-16(20)10-14/h3-12,19-20H,1-2H3/b4-3+. The highest BCUT2D eigenvalue weighted by Gasteiger charge is 2.09. The Labute approximate surface area is 129 Å². The van der Waals surface area contributed by atoms with Gasteiger partial charge in [-0.1, -0.05) is 38.1 Å². The van der Waals surface area contributed by atoms with E-state index in [-0.39, 0.29) is 23.4 Å². The van der Waals surface area contributed by atoms with Gasteiger partial charge in [-0.05, 0) is 35.4 Å². The molecule has 2 N–H and O–H groups in total. The lowest BCUT2D eigenvalue weighted by Gasteiger charge is -2.06. The molecule has 0 aliphatic heterocycles. The molecule has 0 unspecified atom stereocenters. The van der Waals surface area contributed by atoms with Crippen LogP contribution >= 0.6 is 0 Å². The van der Waals surface area contributed by atoms with E-state index in [1.165, 1.54) is 6.07 Å². The second-order valence-electron chi connectivity index (χ2n) is 5.26. The van der Waals surface area contributed by atoms with Gasteiger partial charge in [-0.15, -0.1) is 0 Å².